The number of nitrogens with one attached hydrogen (secondary N) is 2. The monoisotopic (exact) mass is 419 g/mol. The molecule has 1 saturated carbocycles. The standard InChI is InChI=1S/C23H21N3O5/c1-14-20(21(26-31-14)15-7-3-2-4-8-15)23(29)30-13-19(27)25-18-10-6-5-9-17(18)22(28)24-16-11-12-16/h2-10,16H,11-13H2,1H3,(H,24,28)(H,25,27). The summed E-state index contributed by atoms with van der Waals surface area (Å²) in [6.45, 7) is 1.08. The van der Waals surface area contributed by atoms with Crippen LogP contribution in [0.15, 0.2) is 59.1 Å². The van der Waals surface area contributed by atoms with E-state index in [1.807, 2.05) is 18.2 Å². The maximum Gasteiger partial charge on any atom is 0.344 e. The normalized spacial score (nSPS) is 12.8. The van der Waals surface area contributed by atoms with Gasteiger partial charge in [0.25, 0.3) is 11.8 Å². The molecule has 1 aliphatic carbocycles. The van der Waals surface area contributed by atoms with Gasteiger partial charge in [-0.3, -0.25) is 9.59 Å². The molecule has 1 fully saturated rings. The van der Waals surface area contributed by atoms with Crippen molar-refractivity contribution >= 4 is 23.5 Å². The van der Waals surface area contributed by atoms with E-state index in [1.54, 1.807) is 43.3 Å². The van der Waals surface area contributed by atoms with Gasteiger partial charge < -0.3 is 19.9 Å². The summed E-state index contributed by atoms with van der Waals surface area (Å²) in [5.74, 6) is -1.22. The number of hydrogen-bond acceptors (Lipinski definition) is 6. The van der Waals surface area contributed by atoms with Crippen molar-refractivity contribution in [1.82, 2.24) is 10.5 Å². The molecular weight excluding hydrogens is 398 g/mol. The second kappa shape index (κ2) is 8.83. The van der Waals surface area contributed by atoms with Gasteiger partial charge in [-0.05, 0) is 31.9 Å². The number of rotatable bonds is 7. The van der Waals surface area contributed by atoms with Gasteiger partial charge in [-0.1, -0.05) is 47.6 Å². The topological polar surface area (TPSA) is 111 Å². The average molecular weight is 419 g/mol. The minimum atomic E-state index is -0.715. The van der Waals surface area contributed by atoms with Crippen LogP contribution in [0.4, 0.5) is 5.69 Å². The summed E-state index contributed by atoms with van der Waals surface area (Å²) in [5, 5.41) is 9.46. The number of nitrogens with zero attached hydrogens (tertiary/aromatic N) is 1. The van der Waals surface area contributed by atoms with Gasteiger partial charge in [0.05, 0.1) is 11.3 Å². The maximum atomic E-state index is 12.6. The molecule has 0 bridgehead atoms. The highest BCUT2D eigenvalue weighted by Gasteiger charge is 2.26. The van der Waals surface area contributed by atoms with E-state index >= 15 is 0 Å². The van der Waals surface area contributed by atoms with E-state index in [1.165, 1.54) is 0 Å². The van der Waals surface area contributed by atoms with Crippen LogP contribution in [0, 0.1) is 6.92 Å². The number of para-hydroxylation sites is 1. The van der Waals surface area contributed by atoms with E-state index in [0.717, 1.165) is 12.8 Å². The van der Waals surface area contributed by atoms with Crippen molar-refractivity contribution in [3.05, 3.63) is 71.5 Å². The molecule has 8 heteroatoms. The Balaban J connectivity index is 1.41. The SMILES string of the molecule is Cc1onc(-c2ccccc2)c1C(=O)OCC(=O)Nc1ccccc1C(=O)NC1CC1. The van der Waals surface area contributed by atoms with Crippen LogP contribution in [-0.2, 0) is 9.53 Å². The molecule has 0 aliphatic heterocycles. The lowest BCUT2D eigenvalue weighted by molar-refractivity contribution is -0.119. The molecule has 31 heavy (non-hydrogen) atoms. The van der Waals surface area contributed by atoms with E-state index in [9.17, 15) is 14.4 Å². The van der Waals surface area contributed by atoms with Crippen molar-refractivity contribution in [2.24, 2.45) is 0 Å². The molecule has 2 N–H and O–H groups in total. The van der Waals surface area contributed by atoms with Crippen molar-refractivity contribution in [3.63, 3.8) is 0 Å². The Bertz CT molecular complexity index is 1120. The Kier molecular flexibility index (Phi) is 5.79. The fourth-order valence-electron chi connectivity index (χ4n) is 3.08. The number of benzene rings is 2. The highest BCUT2D eigenvalue weighted by atomic mass is 16.5. The predicted molar refractivity (Wildman–Crippen MR) is 113 cm³/mol. The van der Waals surface area contributed by atoms with Crippen molar-refractivity contribution in [2.45, 2.75) is 25.8 Å². The summed E-state index contributed by atoms with van der Waals surface area (Å²) in [6.07, 6.45) is 1.92. The first kappa shape index (κ1) is 20.3. The lowest BCUT2D eigenvalue weighted by atomic mass is 10.1. The zero-order valence-corrected chi connectivity index (χ0v) is 16.9. The summed E-state index contributed by atoms with van der Waals surface area (Å²) >= 11 is 0. The van der Waals surface area contributed by atoms with Gasteiger partial charge >= 0.3 is 5.97 Å². The number of hydrogen-bond donors (Lipinski definition) is 2. The molecule has 0 radical (unpaired) electrons. The highest BCUT2D eigenvalue weighted by Crippen LogP contribution is 2.26. The molecule has 8 nitrogen and oxygen atoms in total. The van der Waals surface area contributed by atoms with E-state index in [-0.39, 0.29) is 17.5 Å². The number of aryl methyl sites for hydroxylation is 1. The zero-order valence-electron chi connectivity index (χ0n) is 16.9. The number of amides is 2. The number of aromatic nitrogens is 1. The van der Waals surface area contributed by atoms with E-state index in [0.29, 0.717) is 28.3 Å². The largest absolute Gasteiger partial charge is 0.452 e. The van der Waals surface area contributed by atoms with Crippen molar-refractivity contribution in [1.29, 1.82) is 0 Å². The van der Waals surface area contributed by atoms with Gasteiger partial charge in [0.2, 0.25) is 0 Å². The average Bonchev–Trinajstić information content (AvgIpc) is 3.51. The molecule has 2 aromatic carbocycles. The summed E-state index contributed by atoms with van der Waals surface area (Å²) in [5.41, 5.74) is 1.93. The lowest BCUT2D eigenvalue weighted by Crippen LogP contribution is -2.28. The third kappa shape index (κ3) is 4.80. The third-order valence-electron chi connectivity index (χ3n) is 4.81. The van der Waals surface area contributed by atoms with Crippen molar-refractivity contribution in [2.75, 3.05) is 11.9 Å². The van der Waals surface area contributed by atoms with Gasteiger partial charge in [0, 0.05) is 11.6 Å². The number of ether oxygens (including phenoxy) is 1. The van der Waals surface area contributed by atoms with Gasteiger partial charge in [0.15, 0.2) is 6.61 Å². The fourth-order valence-corrected chi connectivity index (χ4v) is 3.08. The van der Waals surface area contributed by atoms with Gasteiger partial charge in [-0.2, -0.15) is 0 Å². The molecule has 4 rings (SSSR count). The Morgan fingerprint density at radius 1 is 1.06 bits per heavy atom. The second-order valence-corrected chi connectivity index (χ2v) is 7.25. The van der Waals surface area contributed by atoms with E-state index in [4.69, 9.17) is 9.26 Å². The number of esters is 1. The zero-order chi connectivity index (χ0) is 21.8. The molecule has 158 valence electrons. The summed E-state index contributed by atoms with van der Waals surface area (Å²) in [6, 6.07) is 16.0. The van der Waals surface area contributed by atoms with Gasteiger partial charge in [-0.25, -0.2) is 4.79 Å². The number of carbonyl (C=O) groups is 3. The molecule has 0 spiro atoms. The van der Waals surface area contributed by atoms with Gasteiger partial charge in [0.1, 0.15) is 17.0 Å². The molecule has 2 amide bonds. The summed E-state index contributed by atoms with van der Waals surface area (Å²) in [7, 11) is 0. The Labute approximate surface area is 178 Å². The Morgan fingerprint density at radius 2 is 1.77 bits per heavy atom. The summed E-state index contributed by atoms with van der Waals surface area (Å²) < 4.78 is 10.3. The van der Waals surface area contributed by atoms with Crippen LogP contribution in [0.3, 0.4) is 0 Å². The maximum absolute atomic E-state index is 12.6. The first-order valence-corrected chi connectivity index (χ1v) is 9.91. The van der Waals surface area contributed by atoms with Crippen molar-refractivity contribution in [3.8, 4) is 11.3 Å². The Morgan fingerprint density at radius 3 is 2.52 bits per heavy atom. The molecule has 0 atom stereocenters. The number of anilines is 1. The fraction of sp³-hybridized carbons (Fsp3) is 0.217. The molecule has 1 aliphatic rings. The predicted octanol–water partition coefficient (Wildman–Crippen LogP) is 3.34. The van der Waals surface area contributed by atoms with Crippen LogP contribution < -0.4 is 10.6 Å². The van der Waals surface area contributed by atoms with Crippen LogP contribution in [-0.4, -0.2) is 35.6 Å². The highest BCUT2D eigenvalue weighted by molar-refractivity contribution is 6.05. The number of carbonyl (C=O) groups excluding carboxylic acids is 3. The molecule has 0 unspecified atom stereocenters. The molecule has 0 saturated heterocycles. The Hall–Kier alpha value is -3.94. The molecular formula is C23H21N3O5. The van der Waals surface area contributed by atoms with Gasteiger partial charge in [-0.15, -0.1) is 0 Å². The molecule has 1 aromatic heterocycles. The first-order chi connectivity index (χ1) is 15.0. The van der Waals surface area contributed by atoms with Crippen LogP contribution in [0.25, 0.3) is 11.3 Å². The van der Waals surface area contributed by atoms with Crippen LogP contribution in [0.1, 0.15) is 39.3 Å². The van der Waals surface area contributed by atoms with Crippen LogP contribution in [0.2, 0.25) is 0 Å². The quantitative estimate of drug-likeness (QED) is 0.569. The van der Waals surface area contributed by atoms with Crippen molar-refractivity contribution < 1.29 is 23.6 Å². The van der Waals surface area contributed by atoms with E-state index in [2.05, 4.69) is 15.8 Å². The molecule has 1 heterocycles. The van der Waals surface area contributed by atoms with E-state index < -0.39 is 18.5 Å². The third-order valence-corrected chi connectivity index (χ3v) is 4.81. The minimum absolute atomic E-state index is 0.170. The minimum Gasteiger partial charge on any atom is -0.452 e. The smallest absolute Gasteiger partial charge is 0.344 e. The summed E-state index contributed by atoms with van der Waals surface area (Å²) in [4.78, 5) is 37.4. The van der Waals surface area contributed by atoms with Crippen LogP contribution >= 0.6 is 0 Å². The lowest BCUT2D eigenvalue weighted by Gasteiger charge is -2.11. The molecule has 3 aromatic rings. The second-order valence-electron chi connectivity index (χ2n) is 7.25. The van der Waals surface area contributed by atoms with Crippen LogP contribution in [0.5, 0.6) is 0 Å². The first-order valence-electron chi connectivity index (χ1n) is 9.91.